The fraction of sp³-hybridized carbons (Fsp3) is 0.125. The van der Waals surface area contributed by atoms with E-state index in [1.54, 1.807) is 24.3 Å². The lowest BCUT2D eigenvalue weighted by Crippen LogP contribution is -2.14. The highest BCUT2D eigenvalue weighted by molar-refractivity contribution is 7.92. The van der Waals surface area contributed by atoms with Crippen molar-refractivity contribution < 1.29 is 27.4 Å². The molecule has 1 aliphatic heterocycles. The van der Waals surface area contributed by atoms with Gasteiger partial charge in [0.05, 0.1) is 12.8 Å². The van der Waals surface area contributed by atoms with Crippen molar-refractivity contribution in [2.24, 2.45) is 0 Å². The van der Waals surface area contributed by atoms with E-state index in [0.717, 1.165) is 16.9 Å². The molecule has 1 aliphatic rings. The highest BCUT2D eigenvalue weighted by Gasteiger charge is 2.39. The number of aromatic nitrogens is 1. The molecule has 1 saturated heterocycles. The van der Waals surface area contributed by atoms with Crippen molar-refractivity contribution in [1.29, 1.82) is 0 Å². The van der Waals surface area contributed by atoms with Crippen LogP contribution in [0.4, 0.5) is 10.1 Å². The first-order valence-electron chi connectivity index (χ1n) is 10.2. The number of sulfonamides is 1. The van der Waals surface area contributed by atoms with Crippen molar-refractivity contribution in [3.8, 4) is 27.4 Å². The zero-order valence-electron chi connectivity index (χ0n) is 17.8. The molecule has 5 rings (SSSR count). The lowest BCUT2D eigenvalue weighted by atomic mass is 10.0. The Morgan fingerprint density at radius 3 is 2.53 bits per heavy atom. The third kappa shape index (κ3) is 4.40. The summed E-state index contributed by atoms with van der Waals surface area (Å²) in [7, 11) is -2.65. The predicted molar refractivity (Wildman–Crippen MR) is 127 cm³/mol. The monoisotopic (exact) mass is 498 g/mol. The summed E-state index contributed by atoms with van der Waals surface area (Å²) in [6.07, 6.45) is -1.33. The van der Waals surface area contributed by atoms with Crippen LogP contribution in [0.15, 0.2) is 77.1 Å². The van der Waals surface area contributed by atoms with E-state index in [4.69, 9.17) is 9.47 Å². The predicted octanol–water partition coefficient (Wildman–Crippen LogP) is 4.82. The Labute approximate surface area is 199 Å². The lowest BCUT2D eigenvalue weighted by Gasteiger charge is -2.11. The minimum atomic E-state index is -4.06. The third-order valence-corrected chi connectivity index (χ3v) is 7.61. The highest BCUT2D eigenvalue weighted by atomic mass is 32.2. The highest BCUT2D eigenvalue weighted by Crippen LogP contribution is 2.40. The van der Waals surface area contributed by atoms with Gasteiger partial charge >= 0.3 is 0 Å². The average Bonchev–Trinajstić information content (AvgIpc) is 3.35. The van der Waals surface area contributed by atoms with Crippen molar-refractivity contribution in [3.63, 3.8) is 0 Å². The number of methoxy groups -OCH3 is 1. The maximum atomic E-state index is 14.9. The molecule has 0 spiro atoms. The van der Waals surface area contributed by atoms with E-state index >= 15 is 0 Å². The molecule has 174 valence electrons. The van der Waals surface area contributed by atoms with E-state index < -0.39 is 28.2 Å². The Morgan fingerprint density at radius 1 is 1.09 bits per heavy atom. The summed E-state index contributed by atoms with van der Waals surface area (Å²) in [5.74, 6) is -0.226. The summed E-state index contributed by atoms with van der Waals surface area (Å²) >= 11 is 1.03. The number of rotatable bonds is 7. The number of halogens is 1. The Hall–Kier alpha value is -3.31. The van der Waals surface area contributed by atoms with Crippen molar-refractivity contribution >= 4 is 27.0 Å². The van der Waals surface area contributed by atoms with Crippen molar-refractivity contribution in [2.75, 3.05) is 11.8 Å². The van der Waals surface area contributed by atoms with Gasteiger partial charge in [-0.25, -0.2) is 9.37 Å². The summed E-state index contributed by atoms with van der Waals surface area (Å²) in [6, 6.07) is 18.9. The van der Waals surface area contributed by atoms with Crippen LogP contribution in [0.25, 0.3) is 21.7 Å². The molecule has 34 heavy (non-hydrogen) atoms. The topological polar surface area (TPSA) is 101 Å². The number of benzene rings is 3. The molecule has 0 aliphatic carbocycles. The molecule has 0 saturated carbocycles. The van der Waals surface area contributed by atoms with Crippen LogP contribution >= 0.6 is 11.3 Å². The molecule has 0 amide bonds. The molecule has 0 bridgehead atoms. The summed E-state index contributed by atoms with van der Waals surface area (Å²) in [5.41, 5.74) is 2.68. The number of epoxide rings is 1. The van der Waals surface area contributed by atoms with Gasteiger partial charge in [0.2, 0.25) is 0 Å². The van der Waals surface area contributed by atoms with Crippen LogP contribution in [0.1, 0.15) is 11.7 Å². The molecule has 1 aromatic heterocycles. The quantitative estimate of drug-likeness (QED) is 0.355. The van der Waals surface area contributed by atoms with Crippen molar-refractivity contribution in [2.45, 2.75) is 17.4 Å². The standard InChI is InChI=1S/C24H19FN2O5S2/c1-31-20-12-16(22-24(28)32-22)8-10-19(20)27-34(29,30)21-13-33-23(26-21)17-9-7-15(11-18(17)25)14-5-3-2-4-6-14/h2-13,22,24,27-28H,1H3. The van der Waals surface area contributed by atoms with Crippen LogP contribution in [0.2, 0.25) is 0 Å². The third-order valence-electron chi connectivity index (χ3n) is 5.33. The fourth-order valence-electron chi connectivity index (χ4n) is 3.52. The summed E-state index contributed by atoms with van der Waals surface area (Å²) in [4.78, 5) is 4.17. The van der Waals surface area contributed by atoms with Gasteiger partial charge < -0.3 is 14.6 Å². The van der Waals surface area contributed by atoms with Crippen molar-refractivity contribution in [3.05, 3.63) is 83.5 Å². The number of ether oxygens (including phenoxy) is 2. The Morgan fingerprint density at radius 2 is 1.85 bits per heavy atom. The number of nitrogens with zero attached hydrogens (tertiary/aromatic N) is 1. The number of aliphatic hydroxyl groups excluding tert-OH is 1. The molecule has 2 atom stereocenters. The number of hydrogen-bond acceptors (Lipinski definition) is 7. The molecule has 2 N–H and O–H groups in total. The molecule has 1 fully saturated rings. The Balaban J connectivity index is 1.39. The first-order chi connectivity index (χ1) is 16.4. The first kappa shape index (κ1) is 22.5. The van der Waals surface area contributed by atoms with E-state index in [9.17, 15) is 17.9 Å². The van der Waals surface area contributed by atoms with Crippen LogP contribution in [0.3, 0.4) is 0 Å². The Bertz CT molecular complexity index is 1460. The molecule has 0 radical (unpaired) electrons. The van der Waals surface area contributed by atoms with Crippen LogP contribution in [-0.4, -0.2) is 31.9 Å². The average molecular weight is 499 g/mol. The van der Waals surface area contributed by atoms with E-state index in [2.05, 4.69) is 9.71 Å². The van der Waals surface area contributed by atoms with Gasteiger partial charge in [0.25, 0.3) is 10.0 Å². The molecule has 2 heterocycles. The Kier molecular flexibility index (Phi) is 5.82. The van der Waals surface area contributed by atoms with Gasteiger partial charge in [0.1, 0.15) is 22.7 Å². The molecular weight excluding hydrogens is 479 g/mol. The zero-order valence-corrected chi connectivity index (χ0v) is 19.4. The van der Waals surface area contributed by atoms with E-state index in [0.29, 0.717) is 11.1 Å². The largest absolute Gasteiger partial charge is 0.495 e. The first-order valence-corrected chi connectivity index (χ1v) is 12.6. The van der Waals surface area contributed by atoms with Gasteiger partial charge in [-0.1, -0.05) is 42.5 Å². The lowest BCUT2D eigenvalue weighted by molar-refractivity contribution is 0.156. The van der Waals surface area contributed by atoms with Crippen LogP contribution in [-0.2, 0) is 14.8 Å². The van der Waals surface area contributed by atoms with Crippen LogP contribution < -0.4 is 9.46 Å². The van der Waals surface area contributed by atoms with Crippen LogP contribution in [0, 0.1) is 5.82 Å². The summed E-state index contributed by atoms with van der Waals surface area (Å²) in [5, 5.41) is 10.8. The number of nitrogens with one attached hydrogen (secondary N) is 1. The van der Waals surface area contributed by atoms with Gasteiger partial charge in [-0.15, -0.1) is 11.3 Å². The van der Waals surface area contributed by atoms with Gasteiger partial charge in [-0.2, -0.15) is 8.42 Å². The summed E-state index contributed by atoms with van der Waals surface area (Å²) in [6.45, 7) is 0. The number of hydrogen-bond donors (Lipinski definition) is 2. The van der Waals surface area contributed by atoms with Crippen molar-refractivity contribution in [1.82, 2.24) is 4.98 Å². The smallest absolute Gasteiger partial charge is 0.280 e. The normalized spacial score (nSPS) is 17.4. The van der Waals surface area contributed by atoms with Gasteiger partial charge in [-0.05, 0) is 41.0 Å². The minimum Gasteiger partial charge on any atom is -0.495 e. The maximum absolute atomic E-state index is 14.9. The molecule has 10 heteroatoms. The van der Waals surface area contributed by atoms with Gasteiger partial charge in [0.15, 0.2) is 11.3 Å². The molecule has 3 aromatic carbocycles. The number of thiazole rings is 1. The van der Waals surface area contributed by atoms with E-state index in [1.165, 1.54) is 24.6 Å². The molecule has 7 nitrogen and oxygen atoms in total. The number of aliphatic hydroxyl groups is 1. The van der Waals surface area contributed by atoms with E-state index in [-0.39, 0.29) is 27.0 Å². The van der Waals surface area contributed by atoms with Gasteiger partial charge in [-0.3, -0.25) is 4.72 Å². The molecular formula is C24H19FN2O5S2. The summed E-state index contributed by atoms with van der Waals surface area (Å²) < 4.78 is 53.5. The zero-order chi connectivity index (χ0) is 23.9. The fourth-order valence-corrected chi connectivity index (χ4v) is 5.71. The molecule has 4 aromatic rings. The molecule has 2 unspecified atom stereocenters. The van der Waals surface area contributed by atoms with E-state index in [1.807, 2.05) is 30.3 Å². The second-order valence-electron chi connectivity index (χ2n) is 7.56. The van der Waals surface area contributed by atoms with Crippen LogP contribution in [0.5, 0.6) is 5.75 Å². The SMILES string of the molecule is COc1cc(C2OC2O)ccc1NS(=O)(=O)c1csc(-c2ccc(-c3ccccc3)cc2F)n1. The minimum absolute atomic E-state index is 0.203. The second-order valence-corrected chi connectivity index (χ2v) is 10.1. The van der Waals surface area contributed by atoms with Gasteiger partial charge in [0, 0.05) is 10.9 Å². The number of anilines is 1. The maximum Gasteiger partial charge on any atom is 0.280 e. The second kappa shape index (κ2) is 8.80.